The molecule has 3 aromatic rings. The molecule has 0 spiro atoms. The van der Waals surface area contributed by atoms with E-state index in [1.54, 1.807) is 6.92 Å². The number of hydrogen-bond acceptors (Lipinski definition) is 4. The number of nitrogens with zero attached hydrogens (tertiary/aromatic N) is 2. The largest absolute Gasteiger partial charge is 0.319 e. The average Bonchev–Trinajstić information content (AvgIpc) is 2.96. The molecule has 0 unspecified atom stereocenters. The monoisotopic (exact) mass is 402 g/mol. The first-order chi connectivity index (χ1) is 12.7. The van der Waals surface area contributed by atoms with Gasteiger partial charge in [-0.15, -0.1) is 0 Å². The lowest BCUT2D eigenvalue weighted by Crippen LogP contribution is -2.13. The second-order valence-electron chi connectivity index (χ2n) is 6.67. The summed E-state index contributed by atoms with van der Waals surface area (Å²) in [6, 6.07) is 12.2. The van der Waals surface area contributed by atoms with Crippen molar-refractivity contribution in [3.05, 3.63) is 58.4 Å². The Bertz CT molecular complexity index is 1170. The van der Waals surface area contributed by atoms with E-state index in [1.165, 1.54) is 41.2 Å². The Morgan fingerprint density at radius 2 is 1.81 bits per heavy atom. The normalized spacial score (nSPS) is 12.9. The third-order valence-corrected chi connectivity index (χ3v) is 7.38. The Morgan fingerprint density at radius 3 is 2.41 bits per heavy atom. The van der Waals surface area contributed by atoms with Crippen molar-refractivity contribution in [1.29, 1.82) is 0 Å². The molecule has 0 aliphatic rings. The van der Waals surface area contributed by atoms with Crippen molar-refractivity contribution in [2.45, 2.75) is 31.6 Å². The van der Waals surface area contributed by atoms with Crippen LogP contribution in [-0.2, 0) is 16.9 Å². The summed E-state index contributed by atoms with van der Waals surface area (Å²) in [5.41, 5.74) is 2.64. The number of rotatable bonds is 4. The Hall–Kier alpha value is -2.25. The minimum atomic E-state index is -3.28. The van der Waals surface area contributed by atoms with Gasteiger partial charge >= 0.3 is 0 Å². The van der Waals surface area contributed by atoms with Crippen LogP contribution in [0.2, 0.25) is 0 Å². The van der Waals surface area contributed by atoms with Gasteiger partial charge in [0.05, 0.1) is 20.9 Å². The summed E-state index contributed by atoms with van der Waals surface area (Å²) >= 11 is 1.47. The number of sulfone groups is 1. The summed E-state index contributed by atoms with van der Waals surface area (Å²) < 4.78 is 26.7. The molecule has 0 radical (unpaired) electrons. The lowest BCUT2D eigenvalue weighted by atomic mass is 10.0. The summed E-state index contributed by atoms with van der Waals surface area (Å²) in [6.45, 7) is 5.88. The molecule has 2 aromatic carbocycles. The van der Waals surface area contributed by atoms with Crippen molar-refractivity contribution in [3.63, 3.8) is 0 Å². The van der Waals surface area contributed by atoms with Gasteiger partial charge in [-0.25, -0.2) is 8.42 Å². The van der Waals surface area contributed by atoms with Crippen LogP contribution in [0.3, 0.4) is 0 Å². The molecule has 0 bridgehead atoms. The second-order valence-corrected chi connectivity index (χ2v) is 9.96. The fourth-order valence-electron chi connectivity index (χ4n) is 2.74. The molecule has 0 aliphatic heterocycles. The average molecular weight is 403 g/mol. The highest BCUT2D eigenvalue weighted by Gasteiger charge is 2.13. The van der Waals surface area contributed by atoms with Crippen LogP contribution in [0, 0.1) is 0 Å². The zero-order valence-electron chi connectivity index (χ0n) is 15.8. The Morgan fingerprint density at radius 1 is 1.15 bits per heavy atom. The molecule has 1 aromatic heterocycles. The Kier molecular flexibility index (Phi) is 5.35. The topological polar surface area (TPSA) is 68.5 Å². The summed E-state index contributed by atoms with van der Waals surface area (Å²) in [7, 11) is -1.39. The maximum absolute atomic E-state index is 12.5. The fraction of sp³-hybridized carbons (Fsp3) is 0.300. The first kappa shape index (κ1) is 19.5. The maximum atomic E-state index is 12.5. The van der Waals surface area contributed by atoms with E-state index in [-0.39, 0.29) is 16.6 Å². The third kappa shape index (κ3) is 3.89. The van der Waals surface area contributed by atoms with Crippen LogP contribution in [0.5, 0.6) is 0 Å². The first-order valence-electron chi connectivity index (χ1n) is 8.74. The van der Waals surface area contributed by atoms with Gasteiger partial charge in [0.1, 0.15) is 0 Å². The van der Waals surface area contributed by atoms with Crippen molar-refractivity contribution in [3.8, 4) is 0 Å². The summed E-state index contributed by atoms with van der Waals surface area (Å²) in [6.07, 6.45) is 0. The highest BCUT2D eigenvalue weighted by molar-refractivity contribution is 7.91. The van der Waals surface area contributed by atoms with E-state index in [0.29, 0.717) is 16.3 Å². The molecule has 142 valence electrons. The van der Waals surface area contributed by atoms with Gasteiger partial charge in [-0.3, -0.25) is 4.79 Å². The van der Waals surface area contributed by atoms with Crippen molar-refractivity contribution in [2.24, 2.45) is 12.0 Å². The van der Waals surface area contributed by atoms with Crippen LogP contribution in [0.4, 0.5) is 0 Å². The van der Waals surface area contributed by atoms with Crippen LogP contribution < -0.4 is 4.80 Å². The van der Waals surface area contributed by atoms with Crippen molar-refractivity contribution >= 4 is 37.3 Å². The fourth-order valence-corrected chi connectivity index (χ4v) is 4.69. The van der Waals surface area contributed by atoms with Gasteiger partial charge in [-0.05, 0) is 47.9 Å². The predicted molar refractivity (Wildman–Crippen MR) is 109 cm³/mol. The highest BCUT2D eigenvalue weighted by atomic mass is 32.2. The van der Waals surface area contributed by atoms with E-state index in [4.69, 9.17) is 0 Å². The number of thiazole rings is 1. The van der Waals surface area contributed by atoms with E-state index in [9.17, 15) is 13.2 Å². The van der Waals surface area contributed by atoms with Crippen LogP contribution in [0.1, 0.15) is 42.6 Å². The number of amides is 1. The Balaban J connectivity index is 1.99. The molecule has 0 N–H and O–H groups in total. The van der Waals surface area contributed by atoms with Gasteiger partial charge in [0.2, 0.25) is 0 Å². The molecular formula is C20H22N2O3S2. The van der Waals surface area contributed by atoms with Crippen molar-refractivity contribution < 1.29 is 13.2 Å². The molecular weight excluding hydrogens is 380 g/mol. The molecule has 0 fully saturated rings. The standard InChI is InChI=1S/C20H22N2O3S2/c1-5-27(24,25)16-9-6-14(7-10-16)19(23)21-20-22(4)17-11-8-15(13(2)3)12-18(17)26-20/h6-13H,5H2,1-4H3. The van der Waals surface area contributed by atoms with Crippen LogP contribution in [-0.4, -0.2) is 24.6 Å². The van der Waals surface area contributed by atoms with E-state index in [0.717, 1.165) is 10.2 Å². The van der Waals surface area contributed by atoms with Gasteiger partial charge in [0.15, 0.2) is 14.6 Å². The SMILES string of the molecule is CCS(=O)(=O)c1ccc(C(=O)N=c2sc3cc(C(C)C)ccc3n2C)cc1. The predicted octanol–water partition coefficient (Wildman–Crippen LogP) is 3.90. The number of aromatic nitrogens is 1. The molecule has 3 rings (SSSR count). The molecule has 0 aliphatic carbocycles. The minimum absolute atomic E-state index is 0.0284. The van der Waals surface area contributed by atoms with E-state index < -0.39 is 9.84 Å². The molecule has 0 saturated heterocycles. The van der Waals surface area contributed by atoms with Gasteiger partial charge < -0.3 is 4.57 Å². The third-order valence-electron chi connectivity index (χ3n) is 4.54. The second kappa shape index (κ2) is 7.40. The maximum Gasteiger partial charge on any atom is 0.279 e. The van der Waals surface area contributed by atoms with Crippen LogP contribution >= 0.6 is 11.3 Å². The van der Waals surface area contributed by atoms with E-state index >= 15 is 0 Å². The first-order valence-corrected chi connectivity index (χ1v) is 11.2. The number of benzene rings is 2. The zero-order chi connectivity index (χ0) is 19.8. The molecule has 0 saturated carbocycles. The molecule has 27 heavy (non-hydrogen) atoms. The smallest absolute Gasteiger partial charge is 0.279 e. The number of hydrogen-bond donors (Lipinski definition) is 0. The molecule has 0 atom stereocenters. The number of aryl methyl sites for hydroxylation is 1. The summed E-state index contributed by atoms with van der Waals surface area (Å²) in [5.74, 6) is 0.0733. The van der Waals surface area contributed by atoms with Gasteiger partial charge in [-0.2, -0.15) is 4.99 Å². The quantitative estimate of drug-likeness (QED) is 0.665. The van der Waals surface area contributed by atoms with E-state index in [1.807, 2.05) is 11.6 Å². The van der Waals surface area contributed by atoms with Crippen LogP contribution in [0.15, 0.2) is 52.4 Å². The lowest BCUT2D eigenvalue weighted by molar-refractivity contribution is 0.0998. The van der Waals surface area contributed by atoms with Gasteiger partial charge in [-0.1, -0.05) is 38.2 Å². The van der Waals surface area contributed by atoms with Crippen molar-refractivity contribution in [1.82, 2.24) is 4.57 Å². The molecule has 1 amide bonds. The number of fused-ring (bicyclic) bond motifs is 1. The summed E-state index contributed by atoms with van der Waals surface area (Å²) in [5, 5.41) is 0. The van der Waals surface area contributed by atoms with Gasteiger partial charge in [0.25, 0.3) is 5.91 Å². The molecule has 1 heterocycles. The number of carbonyl (C=O) groups excluding carboxylic acids is 1. The van der Waals surface area contributed by atoms with Crippen LogP contribution in [0.25, 0.3) is 10.2 Å². The lowest BCUT2D eigenvalue weighted by Gasteiger charge is -2.04. The van der Waals surface area contributed by atoms with Crippen molar-refractivity contribution in [2.75, 3.05) is 5.75 Å². The highest BCUT2D eigenvalue weighted by Crippen LogP contribution is 2.23. The molecule has 7 heteroatoms. The zero-order valence-corrected chi connectivity index (χ0v) is 17.4. The van der Waals surface area contributed by atoms with Gasteiger partial charge in [0, 0.05) is 12.6 Å². The molecule has 5 nitrogen and oxygen atoms in total. The minimum Gasteiger partial charge on any atom is -0.319 e. The van der Waals surface area contributed by atoms with E-state index in [2.05, 4.69) is 37.0 Å². The Labute approximate surface area is 162 Å². The summed E-state index contributed by atoms with van der Waals surface area (Å²) in [4.78, 5) is 17.6. The number of carbonyl (C=O) groups is 1.